The highest BCUT2D eigenvalue weighted by Gasteiger charge is 2.17. The van der Waals surface area contributed by atoms with Gasteiger partial charge in [0, 0.05) is 25.9 Å². The summed E-state index contributed by atoms with van der Waals surface area (Å²) >= 11 is 1.44. The Hall–Kier alpha value is -3.20. The van der Waals surface area contributed by atoms with Gasteiger partial charge < -0.3 is 10.1 Å². The number of aromatic nitrogens is 4. The Morgan fingerprint density at radius 3 is 2.70 bits per heavy atom. The van der Waals surface area contributed by atoms with Crippen molar-refractivity contribution in [1.29, 1.82) is 0 Å². The summed E-state index contributed by atoms with van der Waals surface area (Å²) in [5.41, 5.74) is 1.85. The molecule has 0 unspecified atom stereocenters. The standard InChI is InChI=1S/C24H29N5O3S/c1-16(2)11-13-28-23(31)22-19(12-14-33-22)29-20(26-27-24(28)29)5-4-6-21(30)25-15-17-7-9-18(32-3)10-8-17/h7-10,12,14,16H,4-6,11,13,15H2,1-3H3,(H,25,30). The summed E-state index contributed by atoms with van der Waals surface area (Å²) in [7, 11) is 1.63. The molecule has 0 saturated heterocycles. The third kappa shape index (κ3) is 5.08. The van der Waals surface area contributed by atoms with Crippen LogP contribution in [0.25, 0.3) is 16.0 Å². The second kappa shape index (κ2) is 10.2. The van der Waals surface area contributed by atoms with E-state index in [0.717, 1.165) is 29.1 Å². The van der Waals surface area contributed by atoms with E-state index in [9.17, 15) is 9.59 Å². The van der Waals surface area contributed by atoms with E-state index in [2.05, 4.69) is 29.4 Å². The van der Waals surface area contributed by atoms with E-state index in [1.807, 2.05) is 40.1 Å². The van der Waals surface area contributed by atoms with Gasteiger partial charge in [-0.3, -0.25) is 18.6 Å². The van der Waals surface area contributed by atoms with Crippen LogP contribution in [0.15, 0.2) is 40.5 Å². The fourth-order valence-corrected chi connectivity index (χ4v) is 4.60. The lowest BCUT2D eigenvalue weighted by Gasteiger charge is -2.11. The smallest absolute Gasteiger partial charge is 0.272 e. The molecule has 3 aromatic heterocycles. The zero-order valence-electron chi connectivity index (χ0n) is 19.2. The van der Waals surface area contributed by atoms with E-state index in [1.165, 1.54) is 11.3 Å². The molecule has 0 spiro atoms. The highest BCUT2D eigenvalue weighted by atomic mass is 32.1. The van der Waals surface area contributed by atoms with Crippen molar-refractivity contribution < 1.29 is 9.53 Å². The van der Waals surface area contributed by atoms with Gasteiger partial charge in [-0.25, -0.2) is 0 Å². The van der Waals surface area contributed by atoms with Gasteiger partial charge in [0.15, 0.2) is 0 Å². The number of aryl methyl sites for hydroxylation is 2. The highest BCUT2D eigenvalue weighted by Crippen LogP contribution is 2.21. The maximum atomic E-state index is 13.0. The van der Waals surface area contributed by atoms with E-state index in [1.54, 1.807) is 11.7 Å². The number of ether oxygens (including phenoxy) is 1. The Bertz CT molecular complexity index is 1300. The van der Waals surface area contributed by atoms with Gasteiger partial charge in [0.1, 0.15) is 16.3 Å². The summed E-state index contributed by atoms with van der Waals surface area (Å²) in [4.78, 5) is 25.3. The van der Waals surface area contributed by atoms with Crippen LogP contribution in [0, 0.1) is 5.92 Å². The highest BCUT2D eigenvalue weighted by molar-refractivity contribution is 7.17. The number of nitrogens with zero attached hydrogens (tertiary/aromatic N) is 4. The SMILES string of the molecule is COc1ccc(CNC(=O)CCCc2nnc3n(CCC(C)C)c(=O)c4sccc4n23)cc1. The molecule has 3 heterocycles. The largest absolute Gasteiger partial charge is 0.497 e. The van der Waals surface area contributed by atoms with E-state index in [-0.39, 0.29) is 11.5 Å². The molecule has 0 saturated carbocycles. The van der Waals surface area contributed by atoms with Gasteiger partial charge in [0.2, 0.25) is 11.7 Å². The Kier molecular flexibility index (Phi) is 7.08. The Morgan fingerprint density at radius 2 is 1.97 bits per heavy atom. The van der Waals surface area contributed by atoms with Crippen LogP contribution in [0.4, 0.5) is 0 Å². The number of amides is 1. The summed E-state index contributed by atoms with van der Waals surface area (Å²) in [6.45, 7) is 5.37. The van der Waals surface area contributed by atoms with Crippen LogP contribution < -0.4 is 15.6 Å². The minimum Gasteiger partial charge on any atom is -0.497 e. The number of carbonyl (C=O) groups is 1. The minimum absolute atomic E-state index is 0.00541. The summed E-state index contributed by atoms with van der Waals surface area (Å²) < 4.78 is 9.58. The van der Waals surface area contributed by atoms with E-state index in [0.29, 0.717) is 48.7 Å². The summed E-state index contributed by atoms with van der Waals surface area (Å²) in [6.07, 6.45) is 2.53. The lowest BCUT2D eigenvalue weighted by atomic mass is 10.1. The fourth-order valence-electron chi connectivity index (χ4n) is 3.77. The van der Waals surface area contributed by atoms with Crippen molar-refractivity contribution in [3.8, 4) is 5.75 Å². The van der Waals surface area contributed by atoms with Crippen molar-refractivity contribution in [3.05, 3.63) is 57.5 Å². The first-order chi connectivity index (χ1) is 16.0. The normalized spacial score (nSPS) is 11.5. The monoisotopic (exact) mass is 467 g/mol. The first kappa shape index (κ1) is 23.0. The molecule has 0 fully saturated rings. The van der Waals surface area contributed by atoms with Crippen molar-refractivity contribution in [2.45, 2.75) is 52.6 Å². The van der Waals surface area contributed by atoms with E-state index in [4.69, 9.17) is 4.74 Å². The zero-order chi connectivity index (χ0) is 23.4. The molecule has 0 atom stereocenters. The minimum atomic E-state index is -0.00925. The van der Waals surface area contributed by atoms with Gasteiger partial charge in [-0.05, 0) is 47.9 Å². The van der Waals surface area contributed by atoms with Crippen LogP contribution in [0.2, 0.25) is 0 Å². The van der Waals surface area contributed by atoms with E-state index < -0.39 is 0 Å². The van der Waals surface area contributed by atoms with Crippen LogP contribution in [-0.2, 0) is 24.3 Å². The molecule has 174 valence electrons. The molecule has 0 bridgehead atoms. The molecule has 1 N–H and O–H groups in total. The third-order valence-corrected chi connectivity index (χ3v) is 6.55. The Balaban J connectivity index is 1.43. The van der Waals surface area contributed by atoms with Crippen LogP contribution in [-0.4, -0.2) is 32.2 Å². The average molecular weight is 468 g/mol. The summed E-state index contributed by atoms with van der Waals surface area (Å²) in [6, 6.07) is 9.57. The molecule has 0 radical (unpaired) electrons. The maximum Gasteiger partial charge on any atom is 0.272 e. The van der Waals surface area contributed by atoms with Crippen LogP contribution >= 0.6 is 11.3 Å². The molecule has 0 aliphatic rings. The first-order valence-corrected chi connectivity index (χ1v) is 12.1. The molecular weight excluding hydrogens is 438 g/mol. The molecule has 33 heavy (non-hydrogen) atoms. The van der Waals surface area contributed by atoms with E-state index >= 15 is 0 Å². The maximum absolute atomic E-state index is 13.0. The first-order valence-electron chi connectivity index (χ1n) is 11.2. The van der Waals surface area contributed by atoms with Crippen LogP contribution in [0.1, 0.15) is 44.5 Å². The predicted octanol–water partition coefficient (Wildman–Crippen LogP) is 3.80. The van der Waals surface area contributed by atoms with Gasteiger partial charge in [-0.2, -0.15) is 0 Å². The van der Waals surface area contributed by atoms with Gasteiger partial charge in [-0.1, -0.05) is 26.0 Å². The number of thiophene rings is 1. The number of hydrogen-bond donors (Lipinski definition) is 1. The number of methoxy groups -OCH3 is 1. The van der Waals surface area contributed by atoms with Crippen molar-refractivity contribution in [1.82, 2.24) is 24.5 Å². The molecule has 4 rings (SSSR count). The lowest BCUT2D eigenvalue weighted by Crippen LogP contribution is -2.23. The molecule has 4 aromatic rings. The molecular formula is C24H29N5O3S. The van der Waals surface area contributed by atoms with Gasteiger partial charge in [0.25, 0.3) is 5.56 Å². The average Bonchev–Trinajstić information content (AvgIpc) is 3.45. The Morgan fingerprint density at radius 1 is 1.18 bits per heavy atom. The third-order valence-electron chi connectivity index (χ3n) is 5.66. The number of fused-ring (bicyclic) bond motifs is 3. The number of carbonyl (C=O) groups excluding carboxylic acids is 1. The zero-order valence-corrected chi connectivity index (χ0v) is 20.0. The lowest BCUT2D eigenvalue weighted by molar-refractivity contribution is -0.121. The van der Waals surface area contributed by atoms with Crippen molar-refractivity contribution in [3.63, 3.8) is 0 Å². The van der Waals surface area contributed by atoms with Gasteiger partial charge in [-0.15, -0.1) is 21.5 Å². The van der Waals surface area contributed by atoms with Crippen LogP contribution in [0.5, 0.6) is 5.75 Å². The number of rotatable bonds is 10. The topological polar surface area (TPSA) is 90.5 Å². The quantitative estimate of drug-likeness (QED) is 0.383. The number of nitrogens with one attached hydrogen (secondary N) is 1. The molecule has 9 heteroatoms. The van der Waals surface area contributed by atoms with Crippen molar-refractivity contribution in [2.24, 2.45) is 5.92 Å². The second-order valence-electron chi connectivity index (χ2n) is 8.50. The molecule has 8 nitrogen and oxygen atoms in total. The van der Waals surface area contributed by atoms with Gasteiger partial charge >= 0.3 is 0 Å². The molecule has 1 amide bonds. The number of benzene rings is 1. The van der Waals surface area contributed by atoms with Crippen molar-refractivity contribution >= 4 is 33.2 Å². The Labute approximate surface area is 196 Å². The summed E-state index contributed by atoms with van der Waals surface area (Å²) in [5, 5.41) is 13.6. The van der Waals surface area contributed by atoms with Gasteiger partial charge in [0.05, 0.1) is 12.6 Å². The molecule has 1 aromatic carbocycles. The second-order valence-corrected chi connectivity index (χ2v) is 9.42. The molecule has 0 aliphatic carbocycles. The molecule has 0 aliphatic heterocycles. The predicted molar refractivity (Wildman–Crippen MR) is 130 cm³/mol. The van der Waals surface area contributed by atoms with Crippen LogP contribution in [0.3, 0.4) is 0 Å². The fraction of sp³-hybridized carbons (Fsp3) is 0.417. The summed E-state index contributed by atoms with van der Waals surface area (Å²) in [5.74, 6) is 2.61. The van der Waals surface area contributed by atoms with Crippen molar-refractivity contribution in [2.75, 3.05) is 7.11 Å². The number of hydrogen-bond acceptors (Lipinski definition) is 6.